The number of hydrogen-bond acceptors (Lipinski definition) is 3. The van der Waals surface area contributed by atoms with Gasteiger partial charge in [0.2, 0.25) is 5.91 Å². The number of aromatic nitrogens is 1. The van der Waals surface area contributed by atoms with Gasteiger partial charge in [-0.05, 0) is 53.6 Å². The lowest BCUT2D eigenvalue weighted by molar-refractivity contribution is -0.129. The van der Waals surface area contributed by atoms with Crippen molar-refractivity contribution in [3.8, 4) is 11.1 Å². The predicted molar refractivity (Wildman–Crippen MR) is 110 cm³/mol. The van der Waals surface area contributed by atoms with Crippen LogP contribution in [0, 0.1) is 0 Å². The molecular formula is C22H27N3O2. The highest BCUT2D eigenvalue weighted by Gasteiger charge is 2.01. The van der Waals surface area contributed by atoms with Crippen molar-refractivity contribution < 1.29 is 10.0 Å². The van der Waals surface area contributed by atoms with Gasteiger partial charge >= 0.3 is 0 Å². The van der Waals surface area contributed by atoms with E-state index in [1.165, 1.54) is 16.5 Å². The molecule has 27 heavy (non-hydrogen) atoms. The molecule has 0 bridgehead atoms. The molecule has 0 fully saturated rings. The van der Waals surface area contributed by atoms with E-state index in [0.717, 1.165) is 49.9 Å². The first-order valence-corrected chi connectivity index (χ1v) is 9.60. The summed E-state index contributed by atoms with van der Waals surface area (Å²) in [5.41, 5.74) is 6.39. The molecule has 4 N–H and O–H groups in total. The molecule has 0 radical (unpaired) electrons. The number of carbonyl (C=O) groups is 1. The Balaban J connectivity index is 1.37. The van der Waals surface area contributed by atoms with Gasteiger partial charge in [0.25, 0.3) is 0 Å². The number of hydrogen-bond donors (Lipinski definition) is 4. The number of nitrogens with one attached hydrogen (secondary N) is 3. The van der Waals surface area contributed by atoms with E-state index in [2.05, 4.69) is 58.8 Å². The Morgan fingerprint density at radius 2 is 1.63 bits per heavy atom. The van der Waals surface area contributed by atoms with E-state index < -0.39 is 0 Å². The van der Waals surface area contributed by atoms with Crippen LogP contribution in [0.4, 0.5) is 5.69 Å². The van der Waals surface area contributed by atoms with Gasteiger partial charge in [-0.2, -0.15) is 0 Å². The Labute approximate surface area is 159 Å². The second-order valence-corrected chi connectivity index (χ2v) is 6.84. The molecule has 3 rings (SSSR count). The van der Waals surface area contributed by atoms with E-state index in [1.54, 1.807) is 5.48 Å². The van der Waals surface area contributed by atoms with E-state index in [4.69, 9.17) is 5.21 Å². The maximum atomic E-state index is 10.9. The van der Waals surface area contributed by atoms with Gasteiger partial charge in [-0.15, -0.1) is 0 Å². The number of hydroxylamine groups is 1. The molecule has 0 saturated heterocycles. The normalized spacial score (nSPS) is 10.9. The number of amides is 1. The summed E-state index contributed by atoms with van der Waals surface area (Å²) in [5.74, 6) is -0.298. The number of H-pyrrole nitrogens is 1. The fourth-order valence-corrected chi connectivity index (χ4v) is 3.24. The highest BCUT2D eigenvalue weighted by atomic mass is 16.5. The van der Waals surface area contributed by atoms with Crippen molar-refractivity contribution >= 4 is 22.5 Å². The quantitative estimate of drug-likeness (QED) is 0.229. The molecule has 1 aromatic heterocycles. The van der Waals surface area contributed by atoms with Crippen LogP contribution in [-0.2, 0) is 4.79 Å². The van der Waals surface area contributed by atoms with Crippen molar-refractivity contribution in [2.75, 3.05) is 11.9 Å². The van der Waals surface area contributed by atoms with Gasteiger partial charge < -0.3 is 10.3 Å². The predicted octanol–water partition coefficient (Wildman–Crippen LogP) is 5.09. The number of anilines is 1. The first-order valence-electron chi connectivity index (χ1n) is 9.60. The maximum Gasteiger partial charge on any atom is 0.243 e. The second-order valence-electron chi connectivity index (χ2n) is 6.84. The van der Waals surface area contributed by atoms with Crippen LogP contribution < -0.4 is 10.8 Å². The molecule has 0 saturated carbocycles. The second kappa shape index (κ2) is 9.78. The number of carbonyl (C=O) groups excluding carboxylic acids is 1. The van der Waals surface area contributed by atoms with Crippen molar-refractivity contribution in [1.29, 1.82) is 0 Å². The van der Waals surface area contributed by atoms with Crippen molar-refractivity contribution in [2.24, 2.45) is 0 Å². The highest BCUT2D eigenvalue weighted by molar-refractivity contribution is 5.85. The third kappa shape index (κ3) is 5.59. The molecule has 2 aromatic carbocycles. The highest BCUT2D eigenvalue weighted by Crippen LogP contribution is 2.25. The van der Waals surface area contributed by atoms with Crippen LogP contribution >= 0.6 is 0 Å². The van der Waals surface area contributed by atoms with Gasteiger partial charge in [-0.3, -0.25) is 10.0 Å². The summed E-state index contributed by atoms with van der Waals surface area (Å²) in [6, 6.07) is 17.1. The summed E-state index contributed by atoms with van der Waals surface area (Å²) in [7, 11) is 0. The summed E-state index contributed by atoms with van der Waals surface area (Å²) < 4.78 is 0. The van der Waals surface area contributed by atoms with Crippen molar-refractivity contribution in [3.63, 3.8) is 0 Å². The molecule has 142 valence electrons. The van der Waals surface area contributed by atoms with E-state index in [1.807, 2.05) is 6.20 Å². The van der Waals surface area contributed by atoms with Gasteiger partial charge in [0, 0.05) is 30.4 Å². The minimum absolute atomic E-state index is 0.298. The molecule has 1 amide bonds. The Kier molecular flexibility index (Phi) is 6.88. The average Bonchev–Trinajstić information content (AvgIpc) is 3.18. The number of fused-ring (bicyclic) bond motifs is 1. The molecule has 0 aliphatic carbocycles. The van der Waals surface area contributed by atoms with Crippen LogP contribution in [-0.4, -0.2) is 22.6 Å². The Morgan fingerprint density at radius 1 is 0.889 bits per heavy atom. The van der Waals surface area contributed by atoms with Gasteiger partial charge in [-0.1, -0.05) is 43.5 Å². The van der Waals surface area contributed by atoms with Crippen molar-refractivity contribution in [1.82, 2.24) is 10.5 Å². The van der Waals surface area contributed by atoms with Crippen molar-refractivity contribution in [3.05, 3.63) is 54.7 Å². The lowest BCUT2D eigenvalue weighted by atomic mass is 10.0. The molecule has 5 nitrogen and oxygen atoms in total. The summed E-state index contributed by atoms with van der Waals surface area (Å²) in [6.07, 6.45) is 7.58. The number of benzene rings is 2. The molecule has 0 aliphatic heterocycles. The van der Waals surface area contributed by atoms with Gasteiger partial charge in [0.1, 0.15) is 0 Å². The Hall–Kier alpha value is -2.79. The van der Waals surface area contributed by atoms with Crippen LogP contribution in [0.25, 0.3) is 22.0 Å². The van der Waals surface area contributed by atoms with Crippen LogP contribution in [0.2, 0.25) is 0 Å². The Morgan fingerprint density at radius 3 is 2.44 bits per heavy atom. The minimum atomic E-state index is -0.298. The first kappa shape index (κ1) is 19.0. The largest absolute Gasteiger partial charge is 0.385 e. The first-order chi connectivity index (χ1) is 13.3. The maximum absolute atomic E-state index is 10.9. The zero-order valence-corrected chi connectivity index (χ0v) is 15.5. The summed E-state index contributed by atoms with van der Waals surface area (Å²) in [5, 5.41) is 13.1. The fourth-order valence-electron chi connectivity index (χ4n) is 3.24. The lowest BCUT2D eigenvalue weighted by Crippen LogP contribution is -2.17. The van der Waals surface area contributed by atoms with Crippen LogP contribution in [0.1, 0.15) is 38.5 Å². The SMILES string of the molecule is O=C(CCCCCCCNc1ccc(-c2ccc3cc[nH]c3c2)cc1)NO. The minimum Gasteiger partial charge on any atom is -0.385 e. The summed E-state index contributed by atoms with van der Waals surface area (Å²) in [4.78, 5) is 14.1. The molecule has 3 aromatic rings. The fraction of sp³-hybridized carbons (Fsp3) is 0.318. The van der Waals surface area contributed by atoms with E-state index in [-0.39, 0.29) is 5.91 Å². The molecule has 0 aliphatic rings. The van der Waals surface area contributed by atoms with Gasteiger partial charge in [0.15, 0.2) is 0 Å². The van der Waals surface area contributed by atoms with Crippen molar-refractivity contribution in [2.45, 2.75) is 38.5 Å². The van der Waals surface area contributed by atoms with Crippen LogP contribution in [0.5, 0.6) is 0 Å². The van der Waals surface area contributed by atoms with Gasteiger partial charge in [0.05, 0.1) is 0 Å². The number of rotatable bonds is 10. The Bertz CT molecular complexity index is 855. The molecule has 0 spiro atoms. The molecule has 5 heteroatoms. The van der Waals surface area contributed by atoms with E-state index in [0.29, 0.717) is 6.42 Å². The number of aromatic amines is 1. The molecule has 0 unspecified atom stereocenters. The van der Waals surface area contributed by atoms with E-state index in [9.17, 15) is 4.79 Å². The van der Waals surface area contributed by atoms with Crippen LogP contribution in [0.3, 0.4) is 0 Å². The number of unbranched alkanes of at least 4 members (excludes halogenated alkanes) is 4. The zero-order valence-electron chi connectivity index (χ0n) is 15.5. The molecule has 1 heterocycles. The monoisotopic (exact) mass is 365 g/mol. The third-order valence-corrected chi connectivity index (χ3v) is 4.81. The van der Waals surface area contributed by atoms with E-state index >= 15 is 0 Å². The standard InChI is InChI=1S/C22H27N3O2/c26-22(25-27)6-4-2-1-3-5-14-23-20-11-9-17(10-12-20)19-8-7-18-13-15-24-21(18)16-19/h7-13,15-16,23-24,27H,1-6,14H2,(H,25,26). The topological polar surface area (TPSA) is 77.2 Å². The molecular weight excluding hydrogens is 338 g/mol. The zero-order chi connectivity index (χ0) is 18.9. The smallest absolute Gasteiger partial charge is 0.243 e. The third-order valence-electron chi connectivity index (χ3n) is 4.81. The summed E-state index contributed by atoms with van der Waals surface area (Å²) in [6.45, 7) is 0.949. The lowest BCUT2D eigenvalue weighted by Gasteiger charge is -2.08. The van der Waals surface area contributed by atoms with Crippen LogP contribution in [0.15, 0.2) is 54.7 Å². The average molecular weight is 365 g/mol. The molecule has 0 atom stereocenters. The summed E-state index contributed by atoms with van der Waals surface area (Å²) >= 11 is 0. The van der Waals surface area contributed by atoms with Gasteiger partial charge in [-0.25, -0.2) is 5.48 Å².